The van der Waals surface area contributed by atoms with E-state index in [9.17, 15) is 0 Å². The van der Waals surface area contributed by atoms with Crippen LogP contribution in [-0.4, -0.2) is 11.4 Å². The molecule has 0 radical (unpaired) electrons. The fourth-order valence-corrected chi connectivity index (χ4v) is 2.42. The first-order valence-electron chi connectivity index (χ1n) is 7.83. The van der Waals surface area contributed by atoms with Crippen molar-refractivity contribution in [2.45, 2.75) is 6.92 Å². The molecule has 0 aliphatic rings. The molecule has 0 spiro atoms. The molecule has 0 saturated heterocycles. The summed E-state index contributed by atoms with van der Waals surface area (Å²) in [5, 5.41) is 8.97. The van der Waals surface area contributed by atoms with Gasteiger partial charge in [-0.15, -0.1) is 5.10 Å². The molecule has 0 heterocycles. The Labute approximate surface area is 142 Å². The largest absolute Gasteiger partial charge is 0.399 e. The van der Waals surface area contributed by atoms with Crippen molar-refractivity contribution in [2.75, 3.05) is 5.73 Å². The van der Waals surface area contributed by atoms with Crippen LogP contribution >= 0.6 is 0 Å². The molecule has 0 fully saturated rings. The molecular weight excluding hydrogens is 294 g/mol. The summed E-state index contributed by atoms with van der Waals surface area (Å²) < 4.78 is 0. The summed E-state index contributed by atoms with van der Waals surface area (Å²) in [6.45, 7) is 1.94. The molecule has 24 heavy (non-hydrogen) atoms. The Hall–Kier alpha value is -3.20. The topological polar surface area (TPSA) is 50.7 Å². The maximum Gasteiger partial charge on any atom is 0.100 e. The highest BCUT2D eigenvalue weighted by atomic mass is 15.2. The average molecular weight is 313 g/mol. The number of hydrogen-bond donors (Lipinski definition) is 1. The van der Waals surface area contributed by atoms with Crippen molar-refractivity contribution in [1.29, 1.82) is 0 Å². The number of nitrogens with zero attached hydrogens (tertiary/aromatic N) is 2. The van der Waals surface area contributed by atoms with E-state index in [0.717, 1.165) is 33.8 Å². The van der Waals surface area contributed by atoms with E-state index in [-0.39, 0.29) is 0 Å². The Morgan fingerprint density at radius 1 is 0.667 bits per heavy atom. The first kappa shape index (κ1) is 15.7. The van der Waals surface area contributed by atoms with E-state index < -0.39 is 0 Å². The van der Waals surface area contributed by atoms with Gasteiger partial charge in [-0.05, 0) is 24.6 Å². The Morgan fingerprint density at radius 3 is 1.75 bits per heavy atom. The normalized spacial score (nSPS) is 11.1. The van der Waals surface area contributed by atoms with Crippen molar-refractivity contribution >= 4 is 17.1 Å². The van der Waals surface area contributed by atoms with Crippen LogP contribution in [0.25, 0.3) is 0 Å². The molecule has 0 aromatic heterocycles. The monoisotopic (exact) mass is 313 g/mol. The van der Waals surface area contributed by atoms with E-state index in [4.69, 9.17) is 5.73 Å². The van der Waals surface area contributed by atoms with Crippen molar-refractivity contribution in [1.82, 2.24) is 0 Å². The number of benzene rings is 3. The van der Waals surface area contributed by atoms with Crippen LogP contribution in [0.3, 0.4) is 0 Å². The van der Waals surface area contributed by atoms with Crippen LogP contribution in [0, 0.1) is 0 Å². The Morgan fingerprint density at radius 2 is 1.21 bits per heavy atom. The molecule has 3 aromatic carbocycles. The number of anilines is 1. The zero-order chi connectivity index (χ0) is 16.8. The molecule has 0 amide bonds. The van der Waals surface area contributed by atoms with Gasteiger partial charge < -0.3 is 5.73 Å². The SMILES string of the molecule is C/C(=N/N=C(c1ccccc1)c1ccccc1)c1cccc(N)c1. The summed E-state index contributed by atoms with van der Waals surface area (Å²) in [5.41, 5.74) is 11.3. The first-order valence-corrected chi connectivity index (χ1v) is 7.83. The molecule has 0 bridgehead atoms. The molecule has 0 atom stereocenters. The summed E-state index contributed by atoms with van der Waals surface area (Å²) in [6, 6.07) is 27.8. The highest BCUT2D eigenvalue weighted by Gasteiger charge is 2.06. The van der Waals surface area contributed by atoms with Gasteiger partial charge in [0.15, 0.2) is 0 Å². The molecule has 2 N–H and O–H groups in total. The predicted octanol–water partition coefficient (Wildman–Crippen LogP) is 4.53. The van der Waals surface area contributed by atoms with Crippen molar-refractivity contribution in [3.05, 3.63) is 102 Å². The molecule has 3 nitrogen and oxygen atoms in total. The maximum absolute atomic E-state index is 5.84. The predicted molar refractivity (Wildman–Crippen MR) is 102 cm³/mol. The summed E-state index contributed by atoms with van der Waals surface area (Å²) in [4.78, 5) is 0. The van der Waals surface area contributed by atoms with Crippen molar-refractivity contribution < 1.29 is 0 Å². The molecule has 3 heteroatoms. The van der Waals surface area contributed by atoms with Crippen molar-refractivity contribution in [3.8, 4) is 0 Å². The van der Waals surface area contributed by atoms with Crippen LogP contribution in [0.1, 0.15) is 23.6 Å². The number of nitrogen functional groups attached to an aromatic ring is 1. The highest BCUT2D eigenvalue weighted by Crippen LogP contribution is 2.12. The van der Waals surface area contributed by atoms with E-state index in [2.05, 4.69) is 10.2 Å². The lowest BCUT2D eigenvalue weighted by Crippen LogP contribution is -2.03. The quantitative estimate of drug-likeness (QED) is 0.429. The minimum Gasteiger partial charge on any atom is -0.399 e. The lowest BCUT2D eigenvalue weighted by atomic mass is 10.0. The second kappa shape index (κ2) is 7.38. The van der Waals surface area contributed by atoms with Crippen LogP contribution in [0.15, 0.2) is 95.1 Å². The van der Waals surface area contributed by atoms with Gasteiger partial charge in [0.2, 0.25) is 0 Å². The third-order valence-electron chi connectivity index (χ3n) is 3.70. The molecule has 3 rings (SSSR count). The third kappa shape index (κ3) is 3.76. The van der Waals surface area contributed by atoms with Crippen LogP contribution in [0.2, 0.25) is 0 Å². The first-order chi connectivity index (χ1) is 11.7. The second-order valence-electron chi connectivity index (χ2n) is 5.49. The van der Waals surface area contributed by atoms with Crippen molar-refractivity contribution in [3.63, 3.8) is 0 Å². The van der Waals surface area contributed by atoms with E-state index in [1.165, 1.54) is 0 Å². The summed E-state index contributed by atoms with van der Waals surface area (Å²) in [5.74, 6) is 0. The summed E-state index contributed by atoms with van der Waals surface area (Å²) in [7, 11) is 0. The van der Waals surface area contributed by atoms with Gasteiger partial charge in [-0.3, -0.25) is 0 Å². The minimum atomic E-state index is 0.720. The Kier molecular flexibility index (Phi) is 4.82. The fraction of sp³-hybridized carbons (Fsp3) is 0.0476. The van der Waals surface area contributed by atoms with Crippen LogP contribution in [-0.2, 0) is 0 Å². The second-order valence-corrected chi connectivity index (χ2v) is 5.49. The Balaban J connectivity index is 2.03. The summed E-state index contributed by atoms with van der Waals surface area (Å²) in [6.07, 6.45) is 0. The number of rotatable bonds is 4. The molecule has 118 valence electrons. The fourth-order valence-electron chi connectivity index (χ4n) is 2.42. The third-order valence-corrected chi connectivity index (χ3v) is 3.70. The van der Waals surface area contributed by atoms with E-state index in [1.807, 2.05) is 91.9 Å². The van der Waals surface area contributed by atoms with Gasteiger partial charge in [0, 0.05) is 16.8 Å². The van der Waals surface area contributed by atoms with E-state index in [1.54, 1.807) is 0 Å². The van der Waals surface area contributed by atoms with E-state index >= 15 is 0 Å². The molecule has 0 aliphatic carbocycles. The highest BCUT2D eigenvalue weighted by molar-refractivity contribution is 6.13. The smallest absolute Gasteiger partial charge is 0.100 e. The molecular formula is C21H19N3. The van der Waals surface area contributed by atoms with E-state index in [0.29, 0.717) is 0 Å². The molecule has 0 aliphatic heterocycles. The average Bonchev–Trinajstić information content (AvgIpc) is 2.63. The van der Waals surface area contributed by atoms with Crippen molar-refractivity contribution in [2.24, 2.45) is 10.2 Å². The summed E-state index contributed by atoms with van der Waals surface area (Å²) >= 11 is 0. The van der Waals surface area contributed by atoms with Crippen LogP contribution in [0.5, 0.6) is 0 Å². The molecule has 0 unspecified atom stereocenters. The van der Waals surface area contributed by atoms with Gasteiger partial charge in [0.25, 0.3) is 0 Å². The van der Waals surface area contributed by atoms with Gasteiger partial charge in [-0.25, -0.2) is 0 Å². The number of nitrogens with two attached hydrogens (primary N) is 1. The zero-order valence-electron chi connectivity index (χ0n) is 13.6. The molecule has 0 saturated carbocycles. The zero-order valence-corrected chi connectivity index (χ0v) is 13.6. The minimum absolute atomic E-state index is 0.720. The van der Waals surface area contributed by atoms with Gasteiger partial charge in [0.05, 0.1) is 5.71 Å². The van der Waals surface area contributed by atoms with Crippen LogP contribution < -0.4 is 5.73 Å². The lowest BCUT2D eigenvalue weighted by Gasteiger charge is -2.06. The standard InChI is InChI=1S/C21H19N3/c1-16(19-13-8-14-20(22)15-19)23-24-21(17-9-4-2-5-10-17)18-11-6-3-7-12-18/h2-15H,22H2,1H3/b23-16-. The molecule has 3 aromatic rings. The van der Waals surface area contributed by atoms with Gasteiger partial charge in [-0.1, -0.05) is 72.8 Å². The van der Waals surface area contributed by atoms with Gasteiger partial charge >= 0.3 is 0 Å². The lowest BCUT2D eigenvalue weighted by molar-refractivity contribution is 1.22. The maximum atomic E-state index is 5.84. The Bertz CT molecular complexity index is 824. The number of hydrogen-bond acceptors (Lipinski definition) is 3. The van der Waals surface area contributed by atoms with Gasteiger partial charge in [-0.2, -0.15) is 5.10 Å². The van der Waals surface area contributed by atoms with Gasteiger partial charge in [0.1, 0.15) is 5.71 Å². The van der Waals surface area contributed by atoms with Crippen LogP contribution in [0.4, 0.5) is 5.69 Å².